The average molecular weight is 171 g/mol. The lowest BCUT2D eigenvalue weighted by Crippen LogP contribution is -2.45. The van der Waals surface area contributed by atoms with Crippen LogP contribution >= 0.6 is 0 Å². The molecule has 0 aliphatic carbocycles. The molecule has 4 nitrogen and oxygen atoms in total. The number of rotatable bonds is 1. The van der Waals surface area contributed by atoms with Crippen molar-refractivity contribution in [1.29, 1.82) is 0 Å². The molecule has 2 atom stereocenters. The van der Waals surface area contributed by atoms with E-state index in [9.17, 15) is 9.59 Å². The number of aldehydes is 1. The molecule has 1 saturated heterocycles. The minimum absolute atomic E-state index is 0.425. The molecular formula is C8H13NO3. The van der Waals surface area contributed by atoms with Gasteiger partial charge in [0.25, 0.3) is 0 Å². The molecule has 0 bridgehead atoms. The Morgan fingerprint density at radius 2 is 2.33 bits per heavy atom. The van der Waals surface area contributed by atoms with Crippen LogP contribution in [-0.2, 0) is 4.79 Å². The highest BCUT2D eigenvalue weighted by atomic mass is 16.4. The molecule has 1 rings (SSSR count). The van der Waals surface area contributed by atoms with Crippen molar-refractivity contribution in [2.45, 2.75) is 25.8 Å². The van der Waals surface area contributed by atoms with Crippen LogP contribution in [-0.4, -0.2) is 35.0 Å². The standard InChI is InChI=1S/C8H13NO3/c1-6-2-3-9(8(11)12)7(4-6)5-10/h5-7H,2-4H2,1H3,(H,11,12)/t6-,7-/m1/s1. The lowest BCUT2D eigenvalue weighted by molar-refractivity contribution is -0.113. The van der Waals surface area contributed by atoms with Crippen LogP contribution in [0.4, 0.5) is 4.79 Å². The molecule has 0 spiro atoms. The first-order chi connectivity index (χ1) is 5.65. The van der Waals surface area contributed by atoms with Gasteiger partial charge in [-0.05, 0) is 18.8 Å². The van der Waals surface area contributed by atoms with Crippen molar-refractivity contribution in [2.24, 2.45) is 5.92 Å². The third-order valence-corrected chi connectivity index (χ3v) is 2.31. The van der Waals surface area contributed by atoms with Gasteiger partial charge >= 0.3 is 6.09 Å². The Morgan fingerprint density at radius 1 is 1.67 bits per heavy atom. The van der Waals surface area contributed by atoms with Crippen LogP contribution in [0.2, 0.25) is 0 Å². The van der Waals surface area contributed by atoms with Gasteiger partial charge in [0.05, 0.1) is 6.04 Å². The Hall–Kier alpha value is -1.06. The summed E-state index contributed by atoms with van der Waals surface area (Å²) in [5, 5.41) is 8.69. The van der Waals surface area contributed by atoms with Gasteiger partial charge < -0.3 is 9.90 Å². The van der Waals surface area contributed by atoms with Crippen LogP contribution < -0.4 is 0 Å². The third-order valence-electron chi connectivity index (χ3n) is 2.31. The summed E-state index contributed by atoms with van der Waals surface area (Å²) in [6.45, 7) is 2.52. The van der Waals surface area contributed by atoms with E-state index in [0.29, 0.717) is 18.9 Å². The summed E-state index contributed by atoms with van der Waals surface area (Å²) in [6, 6.07) is -0.425. The van der Waals surface area contributed by atoms with Gasteiger partial charge in [0.1, 0.15) is 6.29 Å². The molecule has 1 N–H and O–H groups in total. The van der Waals surface area contributed by atoms with E-state index in [1.165, 1.54) is 4.90 Å². The molecule has 1 fully saturated rings. The van der Waals surface area contributed by atoms with Crippen LogP contribution in [0.3, 0.4) is 0 Å². The Balaban J connectivity index is 2.62. The molecule has 0 aromatic heterocycles. The summed E-state index contributed by atoms with van der Waals surface area (Å²) < 4.78 is 0. The van der Waals surface area contributed by atoms with E-state index in [0.717, 1.165) is 12.7 Å². The summed E-state index contributed by atoms with van der Waals surface area (Å²) in [4.78, 5) is 22.3. The molecular weight excluding hydrogens is 158 g/mol. The summed E-state index contributed by atoms with van der Waals surface area (Å²) in [5.41, 5.74) is 0. The Morgan fingerprint density at radius 3 is 2.83 bits per heavy atom. The second kappa shape index (κ2) is 3.56. The summed E-state index contributed by atoms with van der Waals surface area (Å²) in [5.74, 6) is 0.454. The Kier molecular flexibility index (Phi) is 2.68. The highest BCUT2D eigenvalue weighted by molar-refractivity contribution is 5.72. The normalized spacial score (nSPS) is 29.9. The van der Waals surface area contributed by atoms with E-state index in [1.807, 2.05) is 6.92 Å². The van der Waals surface area contributed by atoms with E-state index in [4.69, 9.17) is 5.11 Å². The second-order valence-corrected chi connectivity index (χ2v) is 3.31. The molecule has 4 heteroatoms. The number of likely N-dealkylation sites (tertiary alicyclic amines) is 1. The van der Waals surface area contributed by atoms with E-state index in [1.54, 1.807) is 0 Å². The first-order valence-corrected chi connectivity index (χ1v) is 4.10. The maximum Gasteiger partial charge on any atom is 0.407 e. The van der Waals surface area contributed by atoms with Crippen LogP contribution in [0.1, 0.15) is 19.8 Å². The predicted octanol–water partition coefficient (Wildman–Crippen LogP) is 0.964. The topological polar surface area (TPSA) is 57.6 Å². The molecule has 1 heterocycles. The van der Waals surface area contributed by atoms with Gasteiger partial charge in [-0.3, -0.25) is 4.90 Å². The Labute approximate surface area is 71.2 Å². The number of amides is 1. The summed E-state index contributed by atoms with van der Waals surface area (Å²) in [6.07, 6.45) is 1.26. The number of piperidine rings is 1. The van der Waals surface area contributed by atoms with Gasteiger partial charge in [-0.2, -0.15) is 0 Å². The number of carbonyl (C=O) groups is 2. The summed E-state index contributed by atoms with van der Waals surface area (Å²) >= 11 is 0. The lowest BCUT2D eigenvalue weighted by atomic mass is 9.93. The zero-order chi connectivity index (χ0) is 9.14. The smallest absolute Gasteiger partial charge is 0.407 e. The third kappa shape index (κ3) is 1.75. The van der Waals surface area contributed by atoms with Crippen LogP contribution in [0.5, 0.6) is 0 Å². The van der Waals surface area contributed by atoms with Gasteiger partial charge in [0, 0.05) is 6.54 Å². The Bertz CT molecular complexity index is 193. The number of hydrogen-bond donors (Lipinski definition) is 1. The van der Waals surface area contributed by atoms with Crippen molar-refractivity contribution < 1.29 is 14.7 Å². The molecule has 1 aliphatic rings. The molecule has 1 aliphatic heterocycles. The highest BCUT2D eigenvalue weighted by Crippen LogP contribution is 2.20. The molecule has 0 aromatic carbocycles. The van der Waals surface area contributed by atoms with Crippen molar-refractivity contribution >= 4 is 12.4 Å². The van der Waals surface area contributed by atoms with Gasteiger partial charge in [0.2, 0.25) is 0 Å². The molecule has 68 valence electrons. The SMILES string of the molecule is C[C@@H]1CCN(C(=O)O)[C@@H](C=O)C1. The van der Waals surface area contributed by atoms with E-state index in [2.05, 4.69) is 0 Å². The lowest BCUT2D eigenvalue weighted by Gasteiger charge is -2.33. The van der Waals surface area contributed by atoms with Crippen molar-refractivity contribution in [3.63, 3.8) is 0 Å². The van der Waals surface area contributed by atoms with E-state index >= 15 is 0 Å². The van der Waals surface area contributed by atoms with E-state index < -0.39 is 12.1 Å². The molecule has 1 amide bonds. The minimum Gasteiger partial charge on any atom is -0.465 e. The maximum absolute atomic E-state index is 10.6. The van der Waals surface area contributed by atoms with Gasteiger partial charge in [-0.15, -0.1) is 0 Å². The number of hydrogen-bond acceptors (Lipinski definition) is 2. The largest absolute Gasteiger partial charge is 0.465 e. The zero-order valence-electron chi connectivity index (χ0n) is 7.06. The summed E-state index contributed by atoms with van der Waals surface area (Å²) in [7, 11) is 0. The van der Waals surface area contributed by atoms with E-state index in [-0.39, 0.29) is 0 Å². The number of carboxylic acid groups (broad SMARTS) is 1. The van der Waals surface area contributed by atoms with Crippen molar-refractivity contribution in [1.82, 2.24) is 4.90 Å². The van der Waals surface area contributed by atoms with Crippen molar-refractivity contribution in [2.75, 3.05) is 6.54 Å². The second-order valence-electron chi connectivity index (χ2n) is 3.31. The number of nitrogens with zero attached hydrogens (tertiary/aromatic N) is 1. The number of carbonyl (C=O) groups excluding carboxylic acids is 1. The molecule has 12 heavy (non-hydrogen) atoms. The fourth-order valence-electron chi connectivity index (χ4n) is 1.55. The first kappa shape index (κ1) is 9.03. The molecule has 0 unspecified atom stereocenters. The van der Waals surface area contributed by atoms with Crippen LogP contribution in [0.25, 0.3) is 0 Å². The quantitative estimate of drug-likeness (QED) is 0.598. The zero-order valence-corrected chi connectivity index (χ0v) is 7.06. The van der Waals surface area contributed by atoms with Gasteiger partial charge in [0.15, 0.2) is 0 Å². The molecule has 0 saturated carbocycles. The van der Waals surface area contributed by atoms with Crippen LogP contribution in [0.15, 0.2) is 0 Å². The maximum atomic E-state index is 10.6. The highest BCUT2D eigenvalue weighted by Gasteiger charge is 2.28. The van der Waals surface area contributed by atoms with Crippen molar-refractivity contribution in [3.8, 4) is 0 Å². The van der Waals surface area contributed by atoms with Gasteiger partial charge in [-0.1, -0.05) is 6.92 Å². The fraction of sp³-hybridized carbons (Fsp3) is 0.750. The first-order valence-electron chi connectivity index (χ1n) is 4.10. The van der Waals surface area contributed by atoms with Crippen molar-refractivity contribution in [3.05, 3.63) is 0 Å². The minimum atomic E-state index is -0.987. The van der Waals surface area contributed by atoms with Gasteiger partial charge in [-0.25, -0.2) is 4.79 Å². The predicted molar refractivity (Wildman–Crippen MR) is 43.0 cm³/mol. The monoisotopic (exact) mass is 171 g/mol. The van der Waals surface area contributed by atoms with Crippen LogP contribution in [0, 0.1) is 5.92 Å². The molecule has 0 aromatic rings. The average Bonchev–Trinajstić information content (AvgIpc) is 2.03. The fourth-order valence-corrected chi connectivity index (χ4v) is 1.55. The molecule has 0 radical (unpaired) electrons.